The lowest BCUT2D eigenvalue weighted by molar-refractivity contribution is 0.0724. The zero-order valence-corrected chi connectivity index (χ0v) is 18.0. The molecule has 1 saturated heterocycles. The minimum atomic E-state index is -0.0329. The number of aryl methyl sites for hydroxylation is 1. The number of hydrogen-bond donors (Lipinski definition) is 0. The molecule has 1 fully saturated rings. The molecule has 0 atom stereocenters. The molecule has 1 amide bonds. The molecule has 0 bridgehead atoms. The molecule has 0 radical (unpaired) electrons. The third kappa shape index (κ3) is 3.59. The number of carbonyl (C=O) groups is 1. The van der Waals surface area contributed by atoms with E-state index in [0.717, 1.165) is 42.3 Å². The molecule has 0 unspecified atom stereocenters. The fraction of sp³-hybridized carbons (Fsp3) is 0.240. The Hall–Kier alpha value is -3.18. The first-order valence-electron chi connectivity index (χ1n) is 10.5. The van der Waals surface area contributed by atoms with Crippen molar-refractivity contribution in [3.05, 3.63) is 75.7 Å². The van der Waals surface area contributed by atoms with Crippen LogP contribution in [0.25, 0.3) is 32.9 Å². The Morgan fingerprint density at radius 2 is 1.74 bits per heavy atom. The molecule has 31 heavy (non-hydrogen) atoms. The van der Waals surface area contributed by atoms with Crippen LogP contribution in [-0.2, 0) is 7.05 Å². The number of amides is 1. The van der Waals surface area contributed by atoms with Crippen LogP contribution in [0.15, 0.2) is 59.5 Å². The van der Waals surface area contributed by atoms with E-state index >= 15 is 0 Å². The molecule has 0 saturated carbocycles. The molecule has 2 aromatic heterocycles. The van der Waals surface area contributed by atoms with E-state index < -0.39 is 0 Å². The van der Waals surface area contributed by atoms with Gasteiger partial charge in [-0.3, -0.25) is 9.59 Å². The van der Waals surface area contributed by atoms with Crippen LogP contribution >= 0.6 is 11.6 Å². The van der Waals surface area contributed by atoms with Gasteiger partial charge in [0.2, 0.25) is 0 Å². The van der Waals surface area contributed by atoms with Crippen LogP contribution in [0.5, 0.6) is 0 Å². The quantitative estimate of drug-likeness (QED) is 0.447. The number of pyridine rings is 2. The maximum absolute atomic E-state index is 12.9. The van der Waals surface area contributed by atoms with Crippen molar-refractivity contribution >= 4 is 39.2 Å². The van der Waals surface area contributed by atoms with Gasteiger partial charge in [0, 0.05) is 48.2 Å². The van der Waals surface area contributed by atoms with Crippen LogP contribution < -0.4 is 5.56 Å². The second-order valence-corrected chi connectivity index (χ2v) is 8.52. The number of fused-ring (bicyclic) bond motifs is 2. The number of aromatic nitrogens is 2. The van der Waals surface area contributed by atoms with Crippen LogP contribution in [0, 0.1) is 0 Å². The van der Waals surface area contributed by atoms with Gasteiger partial charge in [0.25, 0.3) is 11.5 Å². The normalized spacial score (nSPS) is 14.3. The lowest BCUT2D eigenvalue weighted by Gasteiger charge is -2.26. The Morgan fingerprint density at radius 3 is 2.55 bits per heavy atom. The van der Waals surface area contributed by atoms with Gasteiger partial charge in [-0.05, 0) is 61.0 Å². The van der Waals surface area contributed by atoms with Crippen molar-refractivity contribution in [1.29, 1.82) is 0 Å². The van der Waals surface area contributed by atoms with E-state index in [-0.39, 0.29) is 11.5 Å². The maximum atomic E-state index is 12.9. The highest BCUT2D eigenvalue weighted by molar-refractivity contribution is 6.35. The number of nitrogens with zero attached hydrogens (tertiary/aromatic N) is 3. The van der Waals surface area contributed by atoms with Gasteiger partial charge in [-0.1, -0.05) is 23.7 Å². The predicted molar refractivity (Wildman–Crippen MR) is 125 cm³/mol. The van der Waals surface area contributed by atoms with Crippen LogP contribution in [0.3, 0.4) is 0 Å². The maximum Gasteiger partial charge on any atom is 0.258 e. The summed E-state index contributed by atoms with van der Waals surface area (Å²) in [5, 5.41) is 2.92. The molecule has 1 aliphatic rings. The molecule has 5 rings (SSSR count). The number of hydrogen-bond acceptors (Lipinski definition) is 3. The molecular formula is C25H22ClN3O2. The van der Waals surface area contributed by atoms with Gasteiger partial charge in [0.1, 0.15) is 0 Å². The van der Waals surface area contributed by atoms with Crippen molar-refractivity contribution in [2.45, 2.75) is 19.3 Å². The molecule has 0 spiro atoms. The summed E-state index contributed by atoms with van der Waals surface area (Å²) < 4.78 is 1.56. The zero-order valence-electron chi connectivity index (χ0n) is 17.3. The van der Waals surface area contributed by atoms with Gasteiger partial charge >= 0.3 is 0 Å². The molecule has 2 aromatic carbocycles. The fourth-order valence-electron chi connectivity index (χ4n) is 4.25. The highest BCUT2D eigenvalue weighted by Gasteiger charge is 2.19. The van der Waals surface area contributed by atoms with Gasteiger partial charge in [-0.2, -0.15) is 0 Å². The standard InChI is InChI=1S/C25H22ClN3O2/c1-28-12-9-16-13-17(5-7-19(16)25(28)31)22-15-21(26)20-8-6-18(14-23(20)27-22)24(30)29-10-3-2-4-11-29/h5-9,12-15H,2-4,10-11H2,1H3. The minimum Gasteiger partial charge on any atom is -0.339 e. The topological polar surface area (TPSA) is 55.2 Å². The van der Waals surface area contributed by atoms with E-state index in [2.05, 4.69) is 0 Å². The Morgan fingerprint density at radius 1 is 0.968 bits per heavy atom. The summed E-state index contributed by atoms with van der Waals surface area (Å²) in [6.45, 7) is 1.61. The summed E-state index contributed by atoms with van der Waals surface area (Å²) >= 11 is 6.57. The summed E-state index contributed by atoms with van der Waals surface area (Å²) in [5.74, 6) is 0.0477. The van der Waals surface area contributed by atoms with Crippen LogP contribution in [-0.4, -0.2) is 33.4 Å². The summed E-state index contributed by atoms with van der Waals surface area (Å²) in [6.07, 6.45) is 5.05. The van der Waals surface area contributed by atoms with Gasteiger partial charge < -0.3 is 9.47 Å². The second-order valence-electron chi connectivity index (χ2n) is 8.11. The SMILES string of the molecule is Cn1ccc2cc(-c3cc(Cl)c4ccc(C(=O)N5CCCCC5)cc4n3)ccc2c1=O. The average Bonchev–Trinajstić information content (AvgIpc) is 2.81. The molecule has 1 aliphatic heterocycles. The summed E-state index contributed by atoms with van der Waals surface area (Å²) in [5.41, 5.74) is 2.88. The molecule has 0 aliphatic carbocycles. The van der Waals surface area contributed by atoms with E-state index in [0.29, 0.717) is 27.2 Å². The molecule has 6 heteroatoms. The van der Waals surface area contributed by atoms with Gasteiger partial charge in [-0.15, -0.1) is 0 Å². The number of likely N-dealkylation sites (tertiary alicyclic amines) is 1. The highest BCUT2D eigenvalue weighted by atomic mass is 35.5. The number of carbonyl (C=O) groups excluding carboxylic acids is 1. The molecule has 156 valence electrons. The van der Waals surface area contributed by atoms with Crippen molar-refractivity contribution < 1.29 is 4.79 Å². The van der Waals surface area contributed by atoms with E-state index in [4.69, 9.17) is 16.6 Å². The largest absolute Gasteiger partial charge is 0.339 e. The van der Waals surface area contributed by atoms with Crippen molar-refractivity contribution in [3.8, 4) is 11.3 Å². The lowest BCUT2D eigenvalue weighted by atomic mass is 10.0. The monoisotopic (exact) mass is 431 g/mol. The van der Waals surface area contributed by atoms with Crippen LogP contribution in [0.4, 0.5) is 0 Å². The van der Waals surface area contributed by atoms with Gasteiger partial charge in [0.15, 0.2) is 0 Å². The summed E-state index contributed by atoms with van der Waals surface area (Å²) in [4.78, 5) is 32.0. The molecule has 3 heterocycles. The average molecular weight is 432 g/mol. The first-order chi connectivity index (χ1) is 15.0. The third-order valence-corrected chi connectivity index (χ3v) is 6.34. The van der Waals surface area contributed by atoms with Crippen molar-refractivity contribution in [2.24, 2.45) is 7.05 Å². The summed E-state index contributed by atoms with van der Waals surface area (Å²) in [7, 11) is 1.74. The Balaban J connectivity index is 1.58. The second kappa shape index (κ2) is 7.82. The van der Waals surface area contributed by atoms with E-state index in [1.165, 1.54) is 6.42 Å². The Bertz CT molecular complexity index is 1390. The highest BCUT2D eigenvalue weighted by Crippen LogP contribution is 2.30. The van der Waals surface area contributed by atoms with Crippen LogP contribution in [0.1, 0.15) is 29.6 Å². The van der Waals surface area contributed by atoms with Gasteiger partial charge in [-0.25, -0.2) is 4.98 Å². The molecule has 5 nitrogen and oxygen atoms in total. The molecule has 4 aromatic rings. The van der Waals surface area contributed by atoms with E-state index in [1.807, 2.05) is 53.4 Å². The van der Waals surface area contributed by atoms with Crippen molar-refractivity contribution in [3.63, 3.8) is 0 Å². The number of benzene rings is 2. The zero-order chi connectivity index (χ0) is 21.5. The number of piperidine rings is 1. The summed E-state index contributed by atoms with van der Waals surface area (Å²) in [6, 6.07) is 14.9. The molecule has 0 N–H and O–H groups in total. The predicted octanol–water partition coefficient (Wildman–Crippen LogP) is 5.03. The molecular weight excluding hydrogens is 410 g/mol. The minimum absolute atomic E-state index is 0.0329. The van der Waals surface area contributed by atoms with E-state index in [9.17, 15) is 9.59 Å². The van der Waals surface area contributed by atoms with E-state index in [1.54, 1.807) is 17.8 Å². The first kappa shape index (κ1) is 19.8. The Kier molecular flexibility index (Phi) is 4.98. The van der Waals surface area contributed by atoms with Crippen LogP contribution in [0.2, 0.25) is 5.02 Å². The third-order valence-electron chi connectivity index (χ3n) is 6.03. The lowest BCUT2D eigenvalue weighted by Crippen LogP contribution is -2.35. The number of halogens is 1. The fourth-order valence-corrected chi connectivity index (χ4v) is 4.51. The number of rotatable bonds is 2. The van der Waals surface area contributed by atoms with Gasteiger partial charge in [0.05, 0.1) is 16.2 Å². The van der Waals surface area contributed by atoms with Crippen molar-refractivity contribution in [1.82, 2.24) is 14.5 Å². The smallest absolute Gasteiger partial charge is 0.258 e. The van der Waals surface area contributed by atoms with Crippen molar-refractivity contribution in [2.75, 3.05) is 13.1 Å². The Labute approximate surface area is 184 Å². The first-order valence-corrected chi connectivity index (χ1v) is 10.9.